The molecule has 0 aliphatic heterocycles. The van der Waals surface area contributed by atoms with E-state index in [4.69, 9.17) is 4.74 Å². The number of thiazole rings is 1. The van der Waals surface area contributed by atoms with E-state index in [-0.39, 0.29) is 12.3 Å². The number of amides is 1. The van der Waals surface area contributed by atoms with Crippen LogP contribution in [0, 0.1) is 0 Å². The van der Waals surface area contributed by atoms with E-state index in [0.29, 0.717) is 12.4 Å². The van der Waals surface area contributed by atoms with Gasteiger partial charge in [-0.3, -0.25) is 9.78 Å². The SMILES string of the molecule is CN(C)c1ccc(NC(=O)Cc2csc(COc3cccnc3)n2)cc1. The number of benzene rings is 1. The second kappa shape index (κ2) is 8.44. The van der Waals surface area contributed by atoms with Crippen molar-refractivity contribution in [3.05, 3.63) is 64.9 Å². The molecule has 1 amide bonds. The normalized spacial score (nSPS) is 10.4. The van der Waals surface area contributed by atoms with Crippen molar-refractivity contribution in [2.24, 2.45) is 0 Å². The van der Waals surface area contributed by atoms with Crippen LogP contribution in [0.15, 0.2) is 54.2 Å². The fraction of sp³-hybridized carbons (Fsp3) is 0.211. The molecule has 3 aromatic rings. The number of aromatic nitrogens is 2. The van der Waals surface area contributed by atoms with Gasteiger partial charge in [0.25, 0.3) is 0 Å². The topological polar surface area (TPSA) is 67.4 Å². The molecule has 0 unspecified atom stereocenters. The van der Waals surface area contributed by atoms with Crippen LogP contribution in [-0.4, -0.2) is 30.0 Å². The summed E-state index contributed by atoms with van der Waals surface area (Å²) < 4.78 is 5.62. The molecule has 0 saturated heterocycles. The highest BCUT2D eigenvalue weighted by Crippen LogP contribution is 2.17. The molecule has 0 radical (unpaired) electrons. The Morgan fingerprint density at radius 2 is 2.04 bits per heavy atom. The molecule has 0 fully saturated rings. The largest absolute Gasteiger partial charge is 0.485 e. The fourth-order valence-corrected chi connectivity index (χ4v) is 2.99. The first kappa shape index (κ1) is 17.9. The zero-order chi connectivity index (χ0) is 18.4. The van der Waals surface area contributed by atoms with E-state index in [1.54, 1.807) is 12.4 Å². The van der Waals surface area contributed by atoms with Crippen LogP contribution in [0.2, 0.25) is 0 Å². The van der Waals surface area contributed by atoms with Crippen LogP contribution in [-0.2, 0) is 17.8 Å². The average molecular weight is 368 g/mol. The molecular formula is C19H20N4O2S. The van der Waals surface area contributed by atoms with E-state index >= 15 is 0 Å². The van der Waals surface area contributed by atoms with Crippen LogP contribution < -0.4 is 15.0 Å². The number of hydrogen-bond donors (Lipinski definition) is 1. The molecule has 0 atom stereocenters. The predicted octanol–water partition coefficient (Wildman–Crippen LogP) is 3.36. The summed E-state index contributed by atoms with van der Waals surface area (Å²) in [6.07, 6.45) is 3.59. The van der Waals surface area contributed by atoms with Crippen molar-refractivity contribution in [1.82, 2.24) is 9.97 Å². The second-order valence-electron chi connectivity index (χ2n) is 5.88. The third kappa shape index (κ3) is 5.03. The van der Waals surface area contributed by atoms with Crippen LogP contribution in [0.1, 0.15) is 10.7 Å². The average Bonchev–Trinajstić information content (AvgIpc) is 3.08. The number of ether oxygens (including phenoxy) is 1. The summed E-state index contributed by atoms with van der Waals surface area (Å²) in [4.78, 5) is 22.7. The number of nitrogens with one attached hydrogen (secondary N) is 1. The minimum Gasteiger partial charge on any atom is -0.485 e. The summed E-state index contributed by atoms with van der Waals surface area (Å²) in [5.41, 5.74) is 2.60. The van der Waals surface area contributed by atoms with Gasteiger partial charge in [0, 0.05) is 37.0 Å². The van der Waals surface area contributed by atoms with E-state index in [2.05, 4.69) is 15.3 Å². The van der Waals surface area contributed by atoms with E-state index in [1.807, 2.05) is 60.8 Å². The van der Waals surface area contributed by atoms with Gasteiger partial charge in [-0.2, -0.15) is 0 Å². The van der Waals surface area contributed by atoms with Crippen molar-refractivity contribution < 1.29 is 9.53 Å². The quantitative estimate of drug-likeness (QED) is 0.693. The molecule has 0 bridgehead atoms. The second-order valence-corrected chi connectivity index (χ2v) is 6.82. The van der Waals surface area contributed by atoms with Crippen molar-refractivity contribution in [3.63, 3.8) is 0 Å². The molecule has 0 aliphatic rings. The molecule has 1 aromatic carbocycles. The molecule has 134 valence electrons. The van der Waals surface area contributed by atoms with Crippen LogP contribution >= 0.6 is 11.3 Å². The van der Waals surface area contributed by atoms with Crippen molar-refractivity contribution >= 4 is 28.6 Å². The maximum Gasteiger partial charge on any atom is 0.230 e. The Morgan fingerprint density at radius 1 is 1.23 bits per heavy atom. The first-order valence-electron chi connectivity index (χ1n) is 8.13. The zero-order valence-corrected chi connectivity index (χ0v) is 15.5. The van der Waals surface area contributed by atoms with Gasteiger partial charge in [0.2, 0.25) is 5.91 Å². The van der Waals surface area contributed by atoms with E-state index in [1.165, 1.54) is 11.3 Å². The molecular weight excluding hydrogens is 348 g/mol. The first-order valence-corrected chi connectivity index (χ1v) is 9.01. The lowest BCUT2D eigenvalue weighted by Crippen LogP contribution is -2.15. The lowest BCUT2D eigenvalue weighted by molar-refractivity contribution is -0.115. The maximum atomic E-state index is 12.2. The summed E-state index contributed by atoms with van der Waals surface area (Å²) >= 11 is 1.48. The van der Waals surface area contributed by atoms with Crippen LogP contribution in [0.5, 0.6) is 5.75 Å². The summed E-state index contributed by atoms with van der Waals surface area (Å²) in [5.74, 6) is 0.607. The van der Waals surface area contributed by atoms with Gasteiger partial charge in [-0.1, -0.05) is 0 Å². The highest BCUT2D eigenvalue weighted by Gasteiger charge is 2.09. The molecule has 2 heterocycles. The van der Waals surface area contributed by atoms with E-state index < -0.39 is 0 Å². The molecule has 0 saturated carbocycles. The minimum atomic E-state index is -0.0902. The lowest BCUT2D eigenvalue weighted by Gasteiger charge is -2.12. The van der Waals surface area contributed by atoms with Crippen molar-refractivity contribution in [2.45, 2.75) is 13.0 Å². The third-order valence-corrected chi connectivity index (χ3v) is 4.48. The molecule has 0 aliphatic carbocycles. The van der Waals surface area contributed by atoms with Crippen molar-refractivity contribution in [3.8, 4) is 5.75 Å². The molecule has 3 rings (SSSR count). The fourth-order valence-electron chi connectivity index (χ4n) is 2.29. The Bertz CT molecular complexity index is 847. The van der Waals surface area contributed by atoms with Gasteiger partial charge in [0.1, 0.15) is 17.4 Å². The number of anilines is 2. The van der Waals surface area contributed by atoms with Gasteiger partial charge < -0.3 is 15.0 Å². The highest BCUT2D eigenvalue weighted by molar-refractivity contribution is 7.09. The Morgan fingerprint density at radius 3 is 2.73 bits per heavy atom. The highest BCUT2D eigenvalue weighted by atomic mass is 32.1. The smallest absolute Gasteiger partial charge is 0.230 e. The van der Waals surface area contributed by atoms with Gasteiger partial charge in [-0.05, 0) is 36.4 Å². The number of carbonyl (C=O) groups excluding carboxylic acids is 1. The lowest BCUT2D eigenvalue weighted by atomic mass is 10.2. The number of rotatable bonds is 7. The molecule has 2 aromatic heterocycles. The summed E-state index contributed by atoms with van der Waals surface area (Å²) in [6, 6.07) is 11.4. The van der Waals surface area contributed by atoms with Crippen molar-refractivity contribution in [1.29, 1.82) is 0 Å². The van der Waals surface area contributed by atoms with Crippen LogP contribution in [0.4, 0.5) is 11.4 Å². The van der Waals surface area contributed by atoms with Gasteiger partial charge in [0.05, 0.1) is 18.3 Å². The molecule has 6 nitrogen and oxygen atoms in total. The number of hydrogen-bond acceptors (Lipinski definition) is 6. The summed E-state index contributed by atoms with van der Waals surface area (Å²) in [7, 11) is 3.96. The first-order chi connectivity index (χ1) is 12.6. The molecule has 26 heavy (non-hydrogen) atoms. The maximum absolute atomic E-state index is 12.2. The zero-order valence-electron chi connectivity index (χ0n) is 14.7. The standard InChI is InChI=1S/C19H20N4O2S/c1-23(2)16-7-5-14(6-8-16)21-18(24)10-15-13-26-19(22-15)12-25-17-4-3-9-20-11-17/h3-9,11,13H,10,12H2,1-2H3,(H,21,24). The monoisotopic (exact) mass is 368 g/mol. The number of pyridine rings is 1. The van der Waals surface area contributed by atoms with Gasteiger partial charge in [0.15, 0.2) is 0 Å². The van der Waals surface area contributed by atoms with Gasteiger partial charge >= 0.3 is 0 Å². The predicted molar refractivity (Wildman–Crippen MR) is 104 cm³/mol. The van der Waals surface area contributed by atoms with Crippen LogP contribution in [0.25, 0.3) is 0 Å². The Labute approximate surface area is 156 Å². The third-order valence-electron chi connectivity index (χ3n) is 3.61. The van der Waals surface area contributed by atoms with Gasteiger partial charge in [-0.15, -0.1) is 11.3 Å². The van der Waals surface area contributed by atoms with E-state index in [0.717, 1.165) is 22.1 Å². The van der Waals surface area contributed by atoms with Gasteiger partial charge in [-0.25, -0.2) is 4.98 Å². The Balaban J connectivity index is 1.51. The summed E-state index contributed by atoms with van der Waals surface area (Å²) in [5, 5.41) is 5.60. The Hall–Kier alpha value is -2.93. The van der Waals surface area contributed by atoms with Crippen molar-refractivity contribution in [2.75, 3.05) is 24.3 Å². The molecule has 1 N–H and O–H groups in total. The number of nitrogens with zero attached hydrogens (tertiary/aromatic N) is 3. The molecule has 7 heteroatoms. The van der Waals surface area contributed by atoms with E-state index in [9.17, 15) is 4.79 Å². The minimum absolute atomic E-state index is 0.0902. The molecule has 0 spiro atoms. The summed E-state index contributed by atoms with van der Waals surface area (Å²) in [6.45, 7) is 0.365. The van der Waals surface area contributed by atoms with Crippen LogP contribution in [0.3, 0.4) is 0 Å². The number of carbonyl (C=O) groups is 1. The Kier molecular flexibility index (Phi) is 5.80.